The van der Waals surface area contributed by atoms with Gasteiger partial charge in [0.1, 0.15) is 23.3 Å². The number of aryl methyl sites for hydroxylation is 1. The number of para-hydroxylation sites is 1. The van der Waals surface area contributed by atoms with Crippen molar-refractivity contribution in [2.75, 3.05) is 31.1 Å². The summed E-state index contributed by atoms with van der Waals surface area (Å²) in [6.07, 6.45) is -1.58. The minimum absolute atomic E-state index is 0. The number of fused-ring (bicyclic) bond motifs is 1. The highest BCUT2D eigenvalue weighted by molar-refractivity contribution is 5.92. The summed E-state index contributed by atoms with van der Waals surface area (Å²) >= 11 is 0. The predicted octanol–water partition coefficient (Wildman–Crippen LogP) is 3.95. The molecule has 0 radical (unpaired) electrons. The molecular formula is C25H33FN4O3. The number of hydrogen-bond donors (Lipinski definition) is 2. The maximum atomic E-state index is 13.9. The second-order valence-corrected chi connectivity index (χ2v) is 9.16. The quantitative estimate of drug-likeness (QED) is 0.604. The molecule has 1 saturated heterocycles. The monoisotopic (exact) mass is 456 g/mol. The van der Waals surface area contributed by atoms with Crippen molar-refractivity contribution in [1.29, 1.82) is 0 Å². The molecule has 1 amide bonds. The third kappa shape index (κ3) is 5.06. The standard InChI is InChI=1S/C25H29FN4O3.2H2/c1-16-8-9-17-19(14-16)27-22(18-6-4-5-7-20(18)31)28-23(17)29-10-12-30(13-11-29)24(33)21(32)15-25(2,3)26;;/h4-9,14,21,31-32H,10-13,15H2,1-3H3;2*1H/t21-;;/m1../s1. The van der Waals surface area contributed by atoms with Gasteiger partial charge in [-0.25, -0.2) is 14.4 Å². The van der Waals surface area contributed by atoms with E-state index < -0.39 is 17.7 Å². The molecule has 0 spiro atoms. The van der Waals surface area contributed by atoms with Gasteiger partial charge in [-0.3, -0.25) is 4.79 Å². The minimum Gasteiger partial charge on any atom is -0.507 e. The summed E-state index contributed by atoms with van der Waals surface area (Å²) < 4.78 is 13.9. The van der Waals surface area contributed by atoms with Crippen LogP contribution in [-0.2, 0) is 4.79 Å². The van der Waals surface area contributed by atoms with E-state index in [0.29, 0.717) is 37.6 Å². The Bertz CT molecular complexity index is 1180. The van der Waals surface area contributed by atoms with E-state index in [1.165, 1.54) is 13.8 Å². The summed E-state index contributed by atoms with van der Waals surface area (Å²) in [6.45, 7) is 6.51. The third-order valence-electron chi connectivity index (χ3n) is 5.83. The number of halogens is 1. The van der Waals surface area contributed by atoms with Crippen LogP contribution in [0.2, 0.25) is 0 Å². The first-order valence-corrected chi connectivity index (χ1v) is 11.1. The lowest BCUT2D eigenvalue weighted by Crippen LogP contribution is -2.52. The summed E-state index contributed by atoms with van der Waals surface area (Å²) in [7, 11) is 0. The van der Waals surface area contributed by atoms with Crippen molar-refractivity contribution in [3.05, 3.63) is 48.0 Å². The number of nitrogens with zero attached hydrogens (tertiary/aromatic N) is 4. The molecule has 1 aromatic heterocycles. The highest BCUT2D eigenvalue weighted by Crippen LogP contribution is 2.32. The zero-order valence-electron chi connectivity index (χ0n) is 19.1. The number of hydrogen-bond acceptors (Lipinski definition) is 6. The molecule has 33 heavy (non-hydrogen) atoms. The van der Waals surface area contributed by atoms with Crippen molar-refractivity contribution < 1.29 is 22.3 Å². The number of aromatic nitrogens is 2. The SMILES string of the molecule is Cc1ccc2c(N3CCN(C(=O)[C@H](O)CC(C)(C)F)CC3)nc(-c3ccccc3O)nc2c1.[HH].[HH]. The molecule has 1 aliphatic rings. The zero-order valence-corrected chi connectivity index (χ0v) is 19.1. The molecule has 1 aliphatic heterocycles. The van der Waals surface area contributed by atoms with Crippen molar-refractivity contribution in [2.45, 2.75) is 39.0 Å². The Morgan fingerprint density at radius 2 is 1.85 bits per heavy atom. The average Bonchev–Trinajstić information content (AvgIpc) is 2.77. The molecule has 3 aromatic rings. The number of amides is 1. The summed E-state index contributed by atoms with van der Waals surface area (Å²) in [5.74, 6) is 0.824. The van der Waals surface area contributed by atoms with Gasteiger partial charge in [0.25, 0.3) is 5.91 Å². The second kappa shape index (κ2) is 8.94. The lowest BCUT2D eigenvalue weighted by atomic mass is 10.0. The first kappa shape index (κ1) is 22.9. The maximum Gasteiger partial charge on any atom is 0.251 e. The summed E-state index contributed by atoms with van der Waals surface area (Å²) in [5, 5.41) is 21.4. The molecule has 7 nitrogen and oxygen atoms in total. The van der Waals surface area contributed by atoms with E-state index in [0.717, 1.165) is 22.3 Å². The van der Waals surface area contributed by atoms with Crippen LogP contribution >= 0.6 is 0 Å². The molecular weight excluding hydrogens is 423 g/mol. The van der Waals surface area contributed by atoms with Crippen LogP contribution in [0.25, 0.3) is 22.3 Å². The molecule has 2 N–H and O–H groups in total. The first-order valence-electron chi connectivity index (χ1n) is 11.1. The van der Waals surface area contributed by atoms with Gasteiger partial charge in [0.05, 0.1) is 11.1 Å². The fraction of sp³-hybridized carbons (Fsp3) is 0.400. The topological polar surface area (TPSA) is 89.8 Å². The number of phenols is 1. The van der Waals surface area contributed by atoms with E-state index in [-0.39, 0.29) is 15.0 Å². The smallest absolute Gasteiger partial charge is 0.251 e. The van der Waals surface area contributed by atoms with E-state index in [2.05, 4.69) is 4.90 Å². The van der Waals surface area contributed by atoms with Crippen LogP contribution in [0.4, 0.5) is 10.2 Å². The van der Waals surface area contributed by atoms with Crippen LogP contribution in [0.3, 0.4) is 0 Å². The Morgan fingerprint density at radius 1 is 1.15 bits per heavy atom. The van der Waals surface area contributed by atoms with E-state index in [4.69, 9.17) is 9.97 Å². The van der Waals surface area contributed by atoms with Crippen molar-refractivity contribution in [2.24, 2.45) is 0 Å². The Kier molecular flexibility index (Phi) is 6.21. The molecule has 0 unspecified atom stereocenters. The van der Waals surface area contributed by atoms with Gasteiger partial charge in [-0.15, -0.1) is 0 Å². The number of carbonyl (C=O) groups excluding carboxylic acids is 1. The average molecular weight is 457 g/mol. The number of anilines is 1. The van der Waals surface area contributed by atoms with Gasteiger partial charge in [-0.1, -0.05) is 18.2 Å². The summed E-state index contributed by atoms with van der Waals surface area (Å²) in [6, 6.07) is 12.9. The number of piperazine rings is 1. The number of carbonyl (C=O) groups is 1. The van der Waals surface area contributed by atoms with Crippen molar-refractivity contribution in [3.63, 3.8) is 0 Å². The Morgan fingerprint density at radius 3 is 2.52 bits per heavy atom. The highest BCUT2D eigenvalue weighted by Gasteiger charge is 2.31. The molecule has 1 atom stereocenters. The van der Waals surface area contributed by atoms with E-state index in [1.807, 2.05) is 31.2 Å². The minimum atomic E-state index is -1.62. The van der Waals surface area contributed by atoms with Gasteiger partial charge in [-0.2, -0.15) is 0 Å². The predicted molar refractivity (Wildman–Crippen MR) is 130 cm³/mol. The maximum absolute atomic E-state index is 13.9. The fourth-order valence-corrected chi connectivity index (χ4v) is 4.14. The van der Waals surface area contributed by atoms with E-state index in [1.54, 1.807) is 23.1 Å². The van der Waals surface area contributed by atoms with Gasteiger partial charge in [0.2, 0.25) is 0 Å². The van der Waals surface area contributed by atoms with Crippen LogP contribution in [0, 0.1) is 6.92 Å². The molecule has 4 rings (SSSR count). The molecule has 8 heteroatoms. The third-order valence-corrected chi connectivity index (χ3v) is 5.83. The number of rotatable bonds is 5. The lowest BCUT2D eigenvalue weighted by molar-refractivity contribution is -0.142. The van der Waals surface area contributed by atoms with Crippen LogP contribution in [-0.4, -0.2) is 68.9 Å². The second-order valence-electron chi connectivity index (χ2n) is 9.16. The molecule has 0 saturated carbocycles. The molecule has 2 aromatic carbocycles. The molecule has 1 fully saturated rings. The van der Waals surface area contributed by atoms with E-state index in [9.17, 15) is 19.4 Å². The Labute approximate surface area is 195 Å². The summed E-state index contributed by atoms with van der Waals surface area (Å²) in [4.78, 5) is 25.7. The van der Waals surface area contributed by atoms with Crippen LogP contribution in [0.15, 0.2) is 42.5 Å². The van der Waals surface area contributed by atoms with Crippen LogP contribution < -0.4 is 4.90 Å². The Hall–Kier alpha value is -3.26. The molecule has 0 aliphatic carbocycles. The molecule has 2 heterocycles. The van der Waals surface area contributed by atoms with Crippen LogP contribution in [0.5, 0.6) is 5.75 Å². The number of phenolic OH excluding ortho intramolecular Hbond substituents is 1. The number of alkyl halides is 1. The van der Waals surface area contributed by atoms with Gasteiger partial charge in [0, 0.05) is 40.8 Å². The molecule has 178 valence electrons. The number of aliphatic hydroxyl groups excluding tert-OH is 1. The first-order chi connectivity index (χ1) is 15.6. The number of benzene rings is 2. The van der Waals surface area contributed by atoms with Crippen molar-refractivity contribution in [1.82, 2.24) is 14.9 Å². The number of aliphatic hydroxyl groups is 1. The normalized spacial score (nSPS) is 15.7. The van der Waals surface area contributed by atoms with Crippen LogP contribution in [0.1, 0.15) is 28.7 Å². The van der Waals surface area contributed by atoms with Gasteiger partial charge in [-0.05, 0) is 50.6 Å². The fourth-order valence-electron chi connectivity index (χ4n) is 4.14. The van der Waals surface area contributed by atoms with Gasteiger partial charge >= 0.3 is 0 Å². The van der Waals surface area contributed by atoms with Crippen molar-refractivity contribution >= 4 is 22.6 Å². The van der Waals surface area contributed by atoms with Gasteiger partial charge in [0.15, 0.2) is 5.82 Å². The van der Waals surface area contributed by atoms with E-state index >= 15 is 0 Å². The number of aromatic hydroxyl groups is 1. The summed E-state index contributed by atoms with van der Waals surface area (Å²) in [5.41, 5.74) is 0.773. The zero-order chi connectivity index (χ0) is 23.8. The van der Waals surface area contributed by atoms with Gasteiger partial charge < -0.3 is 20.0 Å². The highest BCUT2D eigenvalue weighted by atomic mass is 19.1. The largest absolute Gasteiger partial charge is 0.507 e. The molecule has 0 bridgehead atoms. The Balaban J connectivity index is 0.00000216. The van der Waals surface area contributed by atoms with Crippen molar-refractivity contribution in [3.8, 4) is 17.1 Å². The lowest BCUT2D eigenvalue weighted by Gasteiger charge is -2.37.